The minimum absolute atomic E-state index is 0.129. The molecule has 0 unspecified atom stereocenters. The van der Waals surface area contributed by atoms with Gasteiger partial charge < -0.3 is 19.5 Å². The smallest absolute Gasteiger partial charge is 0.231 e. The van der Waals surface area contributed by atoms with Gasteiger partial charge in [-0.25, -0.2) is 0 Å². The van der Waals surface area contributed by atoms with Gasteiger partial charge in [0.15, 0.2) is 11.5 Å². The summed E-state index contributed by atoms with van der Waals surface area (Å²) >= 11 is 0. The summed E-state index contributed by atoms with van der Waals surface area (Å²) in [6, 6.07) is 13.9. The quantitative estimate of drug-likeness (QED) is 0.862. The molecular formula is C20H22N2O4. The van der Waals surface area contributed by atoms with E-state index < -0.39 is 0 Å². The van der Waals surface area contributed by atoms with Crippen LogP contribution in [-0.4, -0.2) is 37.7 Å². The largest absolute Gasteiger partial charge is 0.489 e. The Balaban J connectivity index is 1.26. The minimum Gasteiger partial charge on any atom is -0.489 e. The highest BCUT2D eigenvalue weighted by Gasteiger charge is 2.31. The van der Waals surface area contributed by atoms with Crippen LogP contribution in [0.25, 0.3) is 0 Å². The van der Waals surface area contributed by atoms with Gasteiger partial charge in [0.05, 0.1) is 5.92 Å². The molecular weight excluding hydrogens is 332 g/mol. The van der Waals surface area contributed by atoms with Crippen LogP contribution in [0.1, 0.15) is 11.1 Å². The zero-order valence-electron chi connectivity index (χ0n) is 14.7. The maximum atomic E-state index is 11.5. The average Bonchev–Trinajstić information content (AvgIpc) is 3.11. The molecule has 0 saturated carbocycles. The van der Waals surface area contributed by atoms with Crippen LogP contribution < -0.4 is 19.5 Å². The van der Waals surface area contributed by atoms with Crippen LogP contribution in [0.4, 0.5) is 0 Å². The molecule has 0 aliphatic carbocycles. The number of nitrogens with one attached hydrogen (secondary N) is 1. The van der Waals surface area contributed by atoms with Crippen molar-refractivity contribution in [1.82, 2.24) is 10.2 Å². The number of fused-ring (bicyclic) bond motifs is 1. The molecule has 1 amide bonds. The van der Waals surface area contributed by atoms with Gasteiger partial charge in [0.1, 0.15) is 12.4 Å². The topological polar surface area (TPSA) is 60.0 Å². The third kappa shape index (κ3) is 3.60. The fraction of sp³-hybridized carbons (Fsp3) is 0.350. The molecule has 136 valence electrons. The van der Waals surface area contributed by atoms with Gasteiger partial charge in [-0.2, -0.15) is 0 Å². The van der Waals surface area contributed by atoms with E-state index in [4.69, 9.17) is 14.2 Å². The average molecular weight is 354 g/mol. The third-order valence-electron chi connectivity index (χ3n) is 4.75. The number of ether oxygens (including phenoxy) is 3. The normalized spacial score (nSPS) is 16.2. The van der Waals surface area contributed by atoms with E-state index in [1.54, 1.807) is 7.05 Å². The summed E-state index contributed by atoms with van der Waals surface area (Å²) in [5, 5.41) is 2.70. The summed E-state index contributed by atoms with van der Waals surface area (Å²) in [5.41, 5.74) is 2.26. The second kappa shape index (κ2) is 7.25. The lowest BCUT2D eigenvalue weighted by Crippen LogP contribution is -2.52. The van der Waals surface area contributed by atoms with Gasteiger partial charge in [-0.3, -0.25) is 9.69 Å². The molecule has 6 heteroatoms. The number of carbonyl (C=O) groups excluding carboxylic acids is 1. The minimum atomic E-state index is 0.129. The summed E-state index contributed by atoms with van der Waals surface area (Å²) in [6.07, 6.45) is 0. The lowest BCUT2D eigenvalue weighted by atomic mass is 9.98. The van der Waals surface area contributed by atoms with Crippen LogP contribution in [-0.2, 0) is 17.9 Å². The summed E-state index contributed by atoms with van der Waals surface area (Å²) < 4.78 is 16.5. The van der Waals surface area contributed by atoms with E-state index in [9.17, 15) is 4.79 Å². The number of hydrogen-bond acceptors (Lipinski definition) is 5. The fourth-order valence-corrected chi connectivity index (χ4v) is 3.22. The number of rotatable bonds is 6. The fourth-order valence-electron chi connectivity index (χ4n) is 3.22. The van der Waals surface area contributed by atoms with Crippen LogP contribution in [0, 0.1) is 5.92 Å². The Kier molecular flexibility index (Phi) is 4.67. The van der Waals surface area contributed by atoms with Gasteiger partial charge in [0.2, 0.25) is 12.7 Å². The first-order valence-electron chi connectivity index (χ1n) is 8.75. The number of likely N-dealkylation sites (tertiary alicyclic amines) is 1. The Morgan fingerprint density at radius 1 is 1.12 bits per heavy atom. The number of benzene rings is 2. The third-order valence-corrected chi connectivity index (χ3v) is 4.75. The highest BCUT2D eigenvalue weighted by molar-refractivity contribution is 5.79. The molecule has 0 atom stereocenters. The first-order chi connectivity index (χ1) is 12.7. The predicted octanol–water partition coefficient (Wildman–Crippen LogP) is 2.17. The molecule has 4 rings (SSSR count). The van der Waals surface area contributed by atoms with E-state index in [0.29, 0.717) is 6.61 Å². The summed E-state index contributed by atoms with van der Waals surface area (Å²) in [4.78, 5) is 13.8. The number of carbonyl (C=O) groups is 1. The Hall–Kier alpha value is -2.73. The Bertz CT molecular complexity index is 785. The standard InChI is InChI=1S/C20H22N2O4/c1-21-20(23)16-10-22(11-16)9-14-2-5-17(6-3-14)24-12-15-4-7-18-19(8-15)26-13-25-18/h2-8,16H,9-13H2,1H3,(H,21,23). The molecule has 0 aromatic heterocycles. The van der Waals surface area contributed by atoms with Crippen LogP contribution in [0.2, 0.25) is 0 Å². The Morgan fingerprint density at radius 2 is 1.85 bits per heavy atom. The van der Waals surface area contributed by atoms with Crippen molar-refractivity contribution in [3.8, 4) is 17.2 Å². The first-order valence-corrected chi connectivity index (χ1v) is 8.75. The number of amides is 1. The van der Waals surface area contributed by atoms with Crippen molar-refractivity contribution in [1.29, 1.82) is 0 Å². The molecule has 2 aliphatic heterocycles. The van der Waals surface area contributed by atoms with E-state index in [0.717, 1.165) is 42.4 Å². The van der Waals surface area contributed by atoms with E-state index in [-0.39, 0.29) is 18.6 Å². The molecule has 2 aliphatic rings. The molecule has 1 N–H and O–H groups in total. The molecule has 1 fully saturated rings. The monoisotopic (exact) mass is 354 g/mol. The lowest BCUT2D eigenvalue weighted by molar-refractivity contribution is -0.129. The molecule has 1 saturated heterocycles. The van der Waals surface area contributed by atoms with E-state index in [2.05, 4.69) is 22.3 Å². The zero-order valence-corrected chi connectivity index (χ0v) is 14.7. The summed E-state index contributed by atoms with van der Waals surface area (Å²) in [5.74, 6) is 2.64. The van der Waals surface area contributed by atoms with Gasteiger partial charge in [0.25, 0.3) is 0 Å². The lowest BCUT2D eigenvalue weighted by Gasteiger charge is -2.38. The molecule has 2 heterocycles. The van der Waals surface area contributed by atoms with Crippen molar-refractivity contribution in [2.24, 2.45) is 5.92 Å². The maximum absolute atomic E-state index is 11.5. The second-order valence-electron chi connectivity index (χ2n) is 6.63. The van der Waals surface area contributed by atoms with Crippen LogP contribution >= 0.6 is 0 Å². The maximum Gasteiger partial charge on any atom is 0.231 e. The zero-order chi connectivity index (χ0) is 17.9. The Labute approximate surface area is 152 Å². The molecule has 2 aromatic carbocycles. The van der Waals surface area contributed by atoms with Gasteiger partial charge in [0, 0.05) is 26.7 Å². The molecule has 0 spiro atoms. The summed E-state index contributed by atoms with van der Waals surface area (Å²) in [7, 11) is 1.69. The summed E-state index contributed by atoms with van der Waals surface area (Å²) in [6.45, 7) is 3.26. The molecule has 6 nitrogen and oxygen atoms in total. The van der Waals surface area contributed by atoms with Crippen molar-refractivity contribution in [2.75, 3.05) is 26.9 Å². The van der Waals surface area contributed by atoms with Crippen LogP contribution in [0.5, 0.6) is 17.2 Å². The molecule has 0 radical (unpaired) electrons. The highest BCUT2D eigenvalue weighted by Crippen LogP contribution is 2.32. The highest BCUT2D eigenvalue weighted by atomic mass is 16.7. The molecule has 0 bridgehead atoms. The second-order valence-corrected chi connectivity index (χ2v) is 6.63. The van der Waals surface area contributed by atoms with Gasteiger partial charge in [-0.05, 0) is 35.4 Å². The first kappa shape index (κ1) is 16.7. The van der Waals surface area contributed by atoms with E-state index in [1.165, 1.54) is 5.56 Å². The van der Waals surface area contributed by atoms with Crippen molar-refractivity contribution in [2.45, 2.75) is 13.2 Å². The van der Waals surface area contributed by atoms with E-state index in [1.807, 2.05) is 30.3 Å². The van der Waals surface area contributed by atoms with Crippen LogP contribution in [0.3, 0.4) is 0 Å². The van der Waals surface area contributed by atoms with Gasteiger partial charge in [-0.15, -0.1) is 0 Å². The van der Waals surface area contributed by atoms with Crippen molar-refractivity contribution in [3.63, 3.8) is 0 Å². The van der Waals surface area contributed by atoms with E-state index >= 15 is 0 Å². The Morgan fingerprint density at radius 3 is 2.62 bits per heavy atom. The van der Waals surface area contributed by atoms with Crippen molar-refractivity contribution >= 4 is 5.91 Å². The van der Waals surface area contributed by atoms with Gasteiger partial charge in [-0.1, -0.05) is 18.2 Å². The van der Waals surface area contributed by atoms with Crippen molar-refractivity contribution in [3.05, 3.63) is 53.6 Å². The predicted molar refractivity (Wildman–Crippen MR) is 96.2 cm³/mol. The number of nitrogens with zero attached hydrogens (tertiary/aromatic N) is 1. The van der Waals surface area contributed by atoms with Crippen molar-refractivity contribution < 1.29 is 19.0 Å². The SMILES string of the molecule is CNC(=O)C1CN(Cc2ccc(OCc3ccc4c(c3)OCO4)cc2)C1. The molecule has 2 aromatic rings. The van der Waals surface area contributed by atoms with Crippen LogP contribution in [0.15, 0.2) is 42.5 Å². The van der Waals surface area contributed by atoms with Gasteiger partial charge >= 0.3 is 0 Å². The number of hydrogen-bond donors (Lipinski definition) is 1. The molecule has 26 heavy (non-hydrogen) atoms.